The molecule has 0 radical (unpaired) electrons. The van der Waals surface area contributed by atoms with E-state index in [4.69, 9.17) is 5.11 Å². The van der Waals surface area contributed by atoms with Gasteiger partial charge in [0.05, 0.1) is 0 Å². The Morgan fingerprint density at radius 1 is 1.32 bits per heavy atom. The lowest BCUT2D eigenvalue weighted by Gasteiger charge is -2.32. The summed E-state index contributed by atoms with van der Waals surface area (Å²) in [5.74, 6) is -0.810. The Hall–Kier alpha value is -1.30. The normalized spacial score (nSPS) is 16.3. The van der Waals surface area contributed by atoms with Crippen molar-refractivity contribution in [3.05, 3.63) is 0 Å². The number of carbonyl (C=O) groups is 2. The zero-order valence-corrected chi connectivity index (χ0v) is 11.9. The molecule has 0 aliphatic carbocycles. The average Bonchev–Trinajstić information content (AvgIpc) is 2.61. The molecule has 2 N–H and O–H groups in total. The maximum Gasteiger partial charge on any atom is 0.320 e. The summed E-state index contributed by atoms with van der Waals surface area (Å²) in [6, 6.07) is 0.126. The smallest absolute Gasteiger partial charge is 0.320 e. The third-order valence-electron chi connectivity index (χ3n) is 3.27. The maximum atomic E-state index is 12.4. The van der Waals surface area contributed by atoms with Crippen LogP contribution in [0.4, 0.5) is 4.79 Å². The molecule has 1 rings (SSSR count). The lowest BCUT2D eigenvalue weighted by molar-refractivity contribution is -0.137. The van der Waals surface area contributed by atoms with Crippen molar-refractivity contribution in [2.24, 2.45) is 0 Å². The molecule has 1 aliphatic rings. The van der Waals surface area contributed by atoms with Crippen LogP contribution < -0.4 is 5.32 Å². The second-order valence-corrected chi connectivity index (χ2v) is 5.16. The fraction of sp³-hybridized carbons (Fsp3) is 0.846. The van der Waals surface area contributed by atoms with E-state index < -0.39 is 5.97 Å². The van der Waals surface area contributed by atoms with E-state index >= 15 is 0 Å². The monoisotopic (exact) mass is 271 g/mol. The number of hydrogen-bond donors (Lipinski definition) is 2. The summed E-state index contributed by atoms with van der Waals surface area (Å²) in [5, 5.41) is 11.9. The van der Waals surface area contributed by atoms with Gasteiger partial charge in [-0.05, 0) is 33.2 Å². The van der Waals surface area contributed by atoms with Gasteiger partial charge in [0.25, 0.3) is 0 Å². The predicted molar refractivity (Wildman–Crippen MR) is 73.2 cm³/mol. The molecule has 2 amide bonds. The third-order valence-corrected chi connectivity index (χ3v) is 3.27. The molecule has 0 bridgehead atoms. The van der Waals surface area contributed by atoms with E-state index in [1.165, 1.54) is 0 Å². The van der Waals surface area contributed by atoms with Crippen LogP contribution in [0.25, 0.3) is 0 Å². The zero-order chi connectivity index (χ0) is 14.3. The van der Waals surface area contributed by atoms with Crippen LogP contribution in [0, 0.1) is 0 Å². The van der Waals surface area contributed by atoms with Crippen molar-refractivity contribution in [3.8, 4) is 0 Å². The third kappa shape index (κ3) is 5.46. The van der Waals surface area contributed by atoms with Crippen molar-refractivity contribution in [2.45, 2.75) is 39.2 Å². The first-order chi connectivity index (χ1) is 9.02. The van der Waals surface area contributed by atoms with Gasteiger partial charge >= 0.3 is 12.0 Å². The number of carboxylic acids is 1. The summed E-state index contributed by atoms with van der Waals surface area (Å²) in [5.41, 5.74) is 0. The maximum absolute atomic E-state index is 12.4. The minimum Gasteiger partial charge on any atom is -0.481 e. The number of nitrogens with one attached hydrogen (secondary N) is 1. The second kappa shape index (κ2) is 7.99. The molecule has 110 valence electrons. The van der Waals surface area contributed by atoms with Crippen LogP contribution in [0.2, 0.25) is 0 Å². The highest BCUT2D eigenvalue weighted by Crippen LogP contribution is 2.08. The molecule has 1 aliphatic heterocycles. The van der Waals surface area contributed by atoms with E-state index in [1.54, 1.807) is 4.90 Å². The highest BCUT2D eigenvalue weighted by Gasteiger charge is 2.23. The summed E-state index contributed by atoms with van der Waals surface area (Å²) in [4.78, 5) is 26.6. The fourth-order valence-electron chi connectivity index (χ4n) is 2.19. The minimum absolute atomic E-state index is 0.0316. The van der Waals surface area contributed by atoms with Crippen molar-refractivity contribution >= 4 is 12.0 Å². The fourth-order valence-corrected chi connectivity index (χ4v) is 2.19. The predicted octanol–water partition coefficient (Wildman–Crippen LogP) is 0.977. The molecule has 0 unspecified atom stereocenters. The van der Waals surface area contributed by atoms with Gasteiger partial charge in [-0.2, -0.15) is 0 Å². The minimum atomic E-state index is -0.810. The number of rotatable bonds is 5. The summed E-state index contributed by atoms with van der Waals surface area (Å²) in [6.07, 6.45) is 1.58. The Labute approximate surface area is 114 Å². The van der Waals surface area contributed by atoms with Crippen LogP contribution in [0.1, 0.15) is 33.1 Å². The molecule has 1 saturated heterocycles. The molecule has 6 nitrogen and oxygen atoms in total. The number of amides is 2. The number of carbonyl (C=O) groups excluding carboxylic acids is 1. The second-order valence-electron chi connectivity index (χ2n) is 5.16. The summed E-state index contributed by atoms with van der Waals surface area (Å²) < 4.78 is 0. The molecular formula is C13H25N3O3. The Bertz CT molecular complexity index is 300. The highest BCUT2D eigenvalue weighted by molar-refractivity contribution is 5.75. The van der Waals surface area contributed by atoms with Crippen LogP contribution >= 0.6 is 0 Å². The van der Waals surface area contributed by atoms with Crippen molar-refractivity contribution < 1.29 is 14.7 Å². The van der Waals surface area contributed by atoms with E-state index in [0.717, 1.165) is 32.6 Å². The molecule has 1 heterocycles. The van der Waals surface area contributed by atoms with Crippen LogP contribution in [-0.4, -0.2) is 65.7 Å². The summed E-state index contributed by atoms with van der Waals surface area (Å²) in [7, 11) is 0. The van der Waals surface area contributed by atoms with E-state index in [9.17, 15) is 9.59 Å². The Morgan fingerprint density at radius 3 is 2.68 bits per heavy atom. The first kappa shape index (κ1) is 15.8. The van der Waals surface area contributed by atoms with Gasteiger partial charge in [-0.1, -0.05) is 0 Å². The van der Waals surface area contributed by atoms with Crippen molar-refractivity contribution in [1.29, 1.82) is 0 Å². The van der Waals surface area contributed by atoms with Crippen molar-refractivity contribution in [3.63, 3.8) is 0 Å². The SMILES string of the molecule is CC(C)N(CCCC(=O)O)C(=O)N1CCCNCC1. The van der Waals surface area contributed by atoms with Gasteiger partial charge in [-0.15, -0.1) is 0 Å². The van der Waals surface area contributed by atoms with Crippen LogP contribution in [-0.2, 0) is 4.79 Å². The van der Waals surface area contributed by atoms with Gasteiger partial charge in [0.15, 0.2) is 0 Å². The number of carboxylic acid groups (broad SMARTS) is 1. The molecule has 19 heavy (non-hydrogen) atoms. The molecule has 0 aromatic carbocycles. The molecule has 6 heteroatoms. The highest BCUT2D eigenvalue weighted by atomic mass is 16.4. The van der Waals surface area contributed by atoms with Gasteiger partial charge in [-0.25, -0.2) is 4.79 Å². The number of hydrogen-bond acceptors (Lipinski definition) is 3. The summed E-state index contributed by atoms with van der Waals surface area (Å²) >= 11 is 0. The first-order valence-electron chi connectivity index (χ1n) is 7.00. The van der Waals surface area contributed by atoms with E-state index in [0.29, 0.717) is 13.0 Å². The number of urea groups is 1. The topological polar surface area (TPSA) is 72.9 Å². The van der Waals surface area contributed by atoms with Gasteiger partial charge in [-0.3, -0.25) is 4.79 Å². The molecule has 0 saturated carbocycles. The molecule has 0 spiro atoms. The Balaban J connectivity index is 2.53. The van der Waals surface area contributed by atoms with Gasteiger partial charge < -0.3 is 20.2 Å². The van der Waals surface area contributed by atoms with Gasteiger partial charge in [0, 0.05) is 38.6 Å². The van der Waals surface area contributed by atoms with E-state index in [-0.39, 0.29) is 18.5 Å². The Morgan fingerprint density at radius 2 is 2.05 bits per heavy atom. The van der Waals surface area contributed by atoms with Crippen LogP contribution in [0.3, 0.4) is 0 Å². The largest absolute Gasteiger partial charge is 0.481 e. The van der Waals surface area contributed by atoms with E-state index in [2.05, 4.69) is 5.32 Å². The number of aliphatic carboxylic acids is 1. The molecule has 0 atom stereocenters. The zero-order valence-electron chi connectivity index (χ0n) is 11.9. The quantitative estimate of drug-likeness (QED) is 0.781. The van der Waals surface area contributed by atoms with E-state index in [1.807, 2.05) is 18.7 Å². The molecular weight excluding hydrogens is 246 g/mol. The Kier molecular flexibility index (Phi) is 6.62. The van der Waals surface area contributed by atoms with Gasteiger partial charge in [0.2, 0.25) is 0 Å². The van der Waals surface area contributed by atoms with Crippen LogP contribution in [0.15, 0.2) is 0 Å². The lowest BCUT2D eigenvalue weighted by atomic mass is 10.2. The number of nitrogens with zero attached hydrogens (tertiary/aromatic N) is 2. The van der Waals surface area contributed by atoms with Crippen molar-refractivity contribution in [1.82, 2.24) is 15.1 Å². The molecule has 0 aromatic rings. The van der Waals surface area contributed by atoms with Crippen LogP contribution in [0.5, 0.6) is 0 Å². The van der Waals surface area contributed by atoms with Crippen molar-refractivity contribution in [2.75, 3.05) is 32.7 Å². The standard InChI is InChI=1S/C13H25N3O3/c1-11(2)16(9-3-5-12(17)18)13(19)15-8-4-6-14-7-10-15/h11,14H,3-10H2,1-2H3,(H,17,18). The lowest BCUT2D eigenvalue weighted by Crippen LogP contribution is -2.48. The molecule has 0 aromatic heterocycles. The average molecular weight is 271 g/mol. The molecule has 1 fully saturated rings. The first-order valence-corrected chi connectivity index (χ1v) is 7.00. The summed E-state index contributed by atoms with van der Waals surface area (Å²) in [6.45, 7) is 7.71. The van der Waals surface area contributed by atoms with Gasteiger partial charge in [0.1, 0.15) is 0 Å².